The van der Waals surface area contributed by atoms with Crippen LogP contribution in [0, 0.1) is 23.9 Å². The summed E-state index contributed by atoms with van der Waals surface area (Å²) in [5.41, 5.74) is 2.28. The molecular formula is C18H13BrO. The summed E-state index contributed by atoms with van der Waals surface area (Å²) < 4.78 is 6.29. The third-order valence-electron chi connectivity index (χ3n) is 2.56. The Morgan fingerprint density at radius 3 is 2.35 bits per heavy atom. The Morgan fingerprint density at radius 2 is 1.60 bits per heavy atom. The van der Waals surface area contributed by atoms with Gasteiger partial charge < -0.3 is 4.74 Å². The van der Waals surface area contributed by atoms with E-state index in [9.17, 15) is 0 Å². The Hall–Kier alpha value is -2.16. The molecule has 0 spiro atoms. The quantitative estimate of drug-likeness (QED) is 0.770. The van der Waals surface area contributed by atoms with Crippen LogP contribution in [0.25, 0.3) is 0 Å². The summed E-state index contributed by atoms with van der Waals surface area (Å²) >= 11 is 3.40. The minimum absolute atomic E-state index is 0.488. The lowest BCUT2D eigenvalue weighted by atomic mass is 10.2. The van der Waals surface area contributed by atoms with Gasteiger partial charge in [-0.1, -0.05) is 64.3 Å². The molecule has 0 aliphatic heterocycles. The lowest BCUT2D eigenvalue weighted by Gasteiger charge is -1.96. The molecule has 0 saturated carbocycles. The van der Waals surface area contributed by atoms with Gasteiger partial charge in [0.25, 0.3) is 0 Å². The van der Waals surface area contributed by atoms with Crippen molar-refractivity contribution in [3.05, 3.63) is 70.2 Å². The van der Waals surface area contributed by atoms with Crippen LogP contribution in [0.4, 0.5) is 0 Å². The zero-order chi connectivity index (χ0) is 14.0. The lowest BCUT2D eigenvalue weighted by molar-refractivity contribution is 0.265. The molecule has 0 aliphatic rings. The third-order valence-corrected chi connectivity index (χ3v) is 3.09. The Labute approximate surface area is 128 Å². The molecular weight excluding hydrogens is 312 g/mol. The van der Waals surface area contributed by atoms with Crippen molar-refractivity contribution < 1.29 is 4.74 Å². The van der Waals surface area contributed by atoms with Gasteiger partial charge in [0.05, 0.1) is 0 Å². The van der Waals surface area contributed by atoms with Gasteiger partial charge in [-0.25, -0.2) is 0 Å². The summed E-state index contributed by atoms with van der Waals surface area (Å²) in [6.45, 7) is 0.488. The van der Waals surface area contributed by atoms with E-state index in [2.05, 4.69) is 39.8 Å². The molecule has 0 aromatic heterocycles. The standard InChI is InChI=1S/C18H13BrO/c19-18-12-10-16(11-13-18)7-5-2-6-14-20-15-17-8-3-1-4-9-17/h1,3-4,8-13H,7,15H2. The molecule has 98 valence electrons. The second-order valence-corrected chi connectivity index (χ2v) is 5.02. The van der Waals surface area contributed by atoms with Gasteiger partial charge in [0, 0.05) is 16.8 Å². The highest BCUT2D eigenvalue weighted by Crippen LogP contribution is 2.10. The molecule has 0 radical (unpaired) electrons. The molecule has 0 atom stereocenters. The minimum Gasteiger partial charge on any atom is -0.441 e. The first-order chi connectivity index (χ1) is 9.84. The van der Waals surface area contributed by atoms with E-state index < -0.39 is 0 Å². The monoisotopic (exact) mass is 324 g/mol. The Bertz CT molecular complexity index is 652. The summed E-state index contributed by atoms with van der Waals surface area (Å²) in [7, 11) is 0. The molecule has 0 N–H and O–H groups in total. The molecule has 0 amide bonds. The molecule has 2 heteroatoms. The van der Waals surface area contributed by atoms with Crippen molar-refractivity contribution in [1.82, 2.24) is 0 Å². The van der Waals surface area contributed by atoms with Crippen molar-refractivity contribution in [3.8, 4) is 23.9 Å². The van der Waals surface area contributed by atoms with Crippen molar-refractivity contribution in [2.45, 2.75) is 13.0 Å². The van der Waals surface area contributed by atoms with Gasteiger partial charge in [-0.2, -0.15) is 0 Å². The minimum atomic E-state index is 0.488. The maximum atomic E-state index is 5.22. The summed E-state index contributed by atoms with van der Waals surface area (Å²) in [4.78, 5) is 0. The van der Waals surface area contributed by atoms with Gasteiger partial charge in [-0.05, 0) is 29.2 Å². The molecule has 0 aliphatic carbocycles. The zero-order valence-corrected chi connectivity index (χ0v) is 12.5. The van der Waals surface area contributed by atoms with Crippen LogP contribution in [0.3, 0.4) is 0 Å². The maximum Gasteiger partial charge on any atom is 0.125 e. The van der Waals surface area contributed by atoms with Gasteiger partial charge in [0.1, 0.15) is 12.7 Å². The average molecular weight is 325 g/mol. The molecule has 0 heterocycles. The van der Waals surface area contributed by atoms with Crippen LogP contribution < -0.4 is 0 Å². The molecule has 0 unspecified atom stereocenters. The van der Waals surface area contributed by atoms with Crippen molar-refractivity contribution >= 4 is 15.9 Å². The first-order valence-electron chi connectivity index (χ1n) is 6.22. The number of hydrogen-bond acceptors (Lipinski definition) is 1. The van der Waals surface area contributed by atoms with Gasteiger partial charge in [0.2, 0.25) is 0 Å². The number of halogens is 1. The van der Waals surface area contributed by atoms with E-state index in [1.165, 1.54) is 5.56 Å². The summed E-state index contributed by atoms with van der Waals surface area (Å²) in [6, 6.07) is 18.0. The van der Waals surface area contributed by atoms with Gasteiger partial charge >= 0.3 is 0 Å². The number of ether oxygens (including phenoxy) is 1. The number of rotatable bonds is 3. The van der Waals surface area contributed by atoms with Crippen molar-refractivity contribution in [1.29, 1.82) is 0 Å². The Balaban J connectivity index is 1.75. The fraction of sp³-hybridized carbons (Fsp3) is 0.111. The van der Waals surface area contributed by atoms with Gasteiger partial charge in [-0.3, -0.25) is 0 Å². The van der Waals surface area contributed by atoms with Crippen LogP contribution in [0.15, 0.2) is 59.1 Å². The Morgan fingerprint density at radius 1 is 0.850 bits per heavy atom. The van der Waals surface area contributed by atoms with Gasteiger partial charge in [0.15, 0.2) is 0 Å². The van der Waals surface area contributed by atoms with E-state index >= 15 is 0 Å². The molecule has 0 bridgehead atoms. The van der Waals surface area contributed by atoms with Crippen molar-refractivity contribution in [2.24, 2.45) is 0 Å². The van der Waals surface area contributed by atoms with E-state index in [4.69, 9.17) is 4.74 Å². The van der Waals surface area contributed by atoms with Crippen LogP contribution >= 0.6 is 15.9 Å². The van der Waals surface area contributed by atoms with E-state index in [0.717, 1.165) is 10.0 Å². The molecule has 0 fully saturated rings. The molecule has 20 heavy (non-hydrogen) atoms. The topological polar surface area (TPSA) is 9.23 Å². The van der Waals surface area contributed by atoms with E-state index in [1.54, 1.807) is 0 Å². The maximum absolute atomic E-state index is 5.22. The average Bonchev–Trinajstić information content (AvgIpc) is 2.49. The van der Waals surface area contributed by atoms with E-state index in [1.807, 2.05) is 54.6 Å². The molecule has 1 nitrogen and oxygen atoms in total. The SMILES string of the molecule is Brc1ccc(CC#CC#COCc2ccccc2)cc1. The number of hydrogen-bond donors (Lipinski definition) is 0. The summed E-state index contributed by atoms with van der Waals surface area (Å²) in [5, 5.41) is 0. The van der Waals surface area contributed by atoms with Crippen LogP contribution in [0.2, 0.25) is 0 Å². The highest BCUT2D eigenvalue weighted by atomic mass is 79.9. The van der Waals surface area contributed by atoms with E-state index in [-0.39, 0.29) is 0 Å². The molecule has 2 aromatic rings. The highest BCUT2D eigenvalue weighted by Gasteiger charge is 1.89. The second kappa shape index (κ2) is 8.10. The zero-order valence-electron chi connectivity index (χ0n) is 10.9. The predicted molar refractivity (Wildman–Crippen MR) is 84.6 cm³/mol. The van der Waals surface area contributed by atoms with Crippen molar-refractivity contribution in [2.75, 3.05) is 0 Å². The van der Waals surface area contributed by atoms with Crippen molar-refractivity contribution in [3.63, 3.8) is 0 Å². The highest BCUT2D eigenvalue weighted by molar-refractivity contribution is 9.10. The largest absolute Gasteiger partial charge is 0.441 e. The first-order valence-corrected chi connectivity index (χ1v) is 7.02. The first kappa shape index (κ1) is 14.3. The fourth-order valence-corrected chi connectivity index (χ4v) is 1.81. The fourth-order valence-electron chi connectivity index (χ4n) is 1.55. The van der Waals surface area contributed by atoms with Crippen LogP contribution in [-0.4, -0.2) is 0 Å². The molecule has 2 aromatic carbocycles. The Kier molecular flexibility index (Phi) is 5.77. The van der Waals surface area contributed by atoms with Crippen LogP contribution in [-0.2, 0) is 17.8 Å². The second-order valence-electron chi connectivity index (χ2n) is 4.11. The summed E-state index contributed by atoms with van der Waals surface area (Å²) in [5.74, 6) is 8.48. The predicted octanol–water partition coefficient (Wildman–Crippen LogP) is 4.17. The van der Waals surface area contributed by atoms with Gasteiger partial charge in [-0.15, -0.1) is 0 Å². The van der Waals surface area contributed by atoms with E-state index in [0.29, 0.717) is 13.0 Å². The lowest BCUT2D eigenvalue weighted by Crippen LogP contribution is -1.85. The van der Waals surface area contributed by atoms with Crippen LogP contribution in [0.1, 0.15) is 11.1 Å². The van der Waals surface area contributed by atoms with Crippen LogP contribution in [0.5, 0.6) is 0 Å². The number of benzene rings is 2. The third kappa shape index (κ3) is 5.22. The molecule has 0 saturated heterocycles. The summed E-state index contributed by atoms with van der Waals surface area (Å²) in [6.07, 6.45) is 3.29. The normalized spacial score (nSPS) is 8.85. The molecule has 2 rings (SSSR count). The smallest absolute Gasteiger partial charge is 0.125 e.